The van der Waals surface area contributed by atoms with Crippen LogP contribution in [0.5, 0.6) is 0 Å². The van der Waals surface area contributed by atoms with Gasteiger partial charge in [-0.25, -0.2) is 0 Å². The molecule has 0 spiro atoms. The van der Waals surface area contributed by atoms with Crippen LogP contribution in [-0.2, 0) is 4.79 Å². The minimum atomic E-state index is -0.875. The van der Waals surface area contributed by atoms with Crippen LogP contribution in [0.3, 0.4) is 0 Å². The number of rotatable bonds is 5. The van der Waals surface area contributed by atoms with E-state index >= 15 is 0 Å². The van der Waals surface area contributed by atoms with Gasteiger partial charge in [-0.1, -0.05) is 41.9 Å². The third kappa shape index (κ3) is 3.64. The van der Waals surface area contributed by atoms with E-state index in [1.54, 1.807) is 18.2 Å². The van der Waals surface area contributed by atoms with E-state index in [9.17, 15) is 30.1 Å². The molecule has 2 aromatic rings. The van der Waals surface area contributed by atoms with Crippen molar-refractivity contribution in [2.24, 2.45) is 0 Å². The number of nitrogens with zero attached hydrogens (tertiary/aromatic N) is 2. The molecule has 8 nitrogen and oxygen atoms in total. The fraction of sp³-hybridized carbons (Fsp3) is 0.0625. The van der Waals surface area contributed by atoms with Crippen LogP contribution in [0.15, 0.2) is 42.5 Å². The van der Waals surface area contributed by atoms with E-state index in [-0.39, 0.29) is 21.7 Å². The predicted molar refractivity (Wildman–Crippen MR) is 91.3 cm³/mol. The first-order chi connectivity index (χ1) is 11.7. The average Bonchev–Trinajstić information content (AvgIpc) is 2.54. The molecule has 0 atom stereocenters. The molecular weight excluding hydrogens is 352 g/mol. The Hall–Kier alpha value is -3.26. The number of allylic oxidation sites excluding steroid dienone is 1. The van der Waals surface area contributed by atoms with Crippen LogP contribution in [0.25, 0.3) is 11.3 Å². The third-order valence-electron chi connectivity index (χ3n) is 3.36. The topological polar surface area (TPSA) is 124 Å². The van der Waals surface area contributed by atoms with Crippen molar-refractivity contribution in [1.82, 2.24) is 0 Å². The van der Waals surface area contributed by atoms with Crippen molar-refractivity contribution in [3.8, 4) is 0 Å². The van der Waals surface area contributed by atoms with Gasteiger partial charge in [-0.05, 0) is 13.0 Å². The molecule has 9 heteroatoms. The Bertz CT molecular complexity index is 908. The molecule has 0 aliphatic heterocycles. The summed E-state index contributed by atoms with van der Waals surface area (Å²) >= 11 is 5.82. The van der Waals surface area contributed by atoms with Crippen LogP contribution >= 0.6 is 11.6 Å². The summed E-state index contributed by atoms with van der Waals surface area (Å²) < 4.78 is 0. The van der Waals surface area contributed by atoms with Gasteiger partial charge in [0.2, 0.25) is 0 Å². The van der Waals surface area contributed by atoms with Gasteiger partial charge in [0.15, 0.2) is 5.78 Å². The van der Waals surface area contributed by atoms with E-state index in [0.29, 0.717) is 6.07 Å². The molecule has 0 aliphatic rings. The second kappa shape index (κ2) is 7.10. The molecule has 0 amide bonds. The zero-order valence-electron chi connectivity index (χ0n) is 12.8. The summed E-state index contributed by atoms with van der Waals surface area (Å²) in [5.41, 5.74) is -1.76. The van der Waals surface area contributed by atoms with Gasteiger partial charge in [0.05, 0.1) is 27.0 Å². The summed E-state index contributed by atoms with van der Waals surface area (Å²) in [6.45, 7) is 1.12. The molecule has 0 bridgehead atoms. The van der Waals surface area contributed by atoms with E-state index in [1.165, 1.54) is 12.1 Å². The van der Waals surface area contributed by atoms with Crippen molar-refractivity contribution in [2.45, 2.75) is 6.92 Å². The summed E-state index contributed by atoms with van der Waals surface area (Å²) in [5.74, 6) is -1.14. The Morgan fingerprint density at radius 2 is 1.60 bits per heavy atom. The first kappa shape index (κ1) is 18.1. The van der Waals surface area contributed by atoms with Gasteiger partial charge in [0, 0.05) is 5.56 Å². The molecule has 0 saturated carbocycles. The van der Waals surface area contributed by atoms with Gasteiger partial charge in [-0.15, -0.1) is 0 Å². The Balaban J connectivity index is 2.84. The van der Waals surface area contributed by atoms with Crippen molar-refractivity contribution in [2.75, 3.05) is 0 Å². The van der Waals surface area contributed by atoms with Crippen LogP contribution in [-0.4, -0.2) is 20.7 Å². The quantitative estimate of drug-likeness (QED) is 0.280. The maximum atomic E-state index is 12.0. The van der Waals surface area contributed by atoms with Crippen LogP contribution in [0, 0.1) is 20.2 Å². The van der Waals surface area contributed by atoms with Crippen LogP contribution in [0.2, 0.25) is 5.02 Å². The zero-order chi connectivity index (χ0) is 18.7. The zero-order valence-corrected chi connectivity index (χ0v) is 13.6. The van der Waals surface area contributed by atoms with Gasteiger partial charge < -0.3 is 5.11 Å². The Morgan fingerprint density at radius 3 is 2.08 bits per heavy atom. The Kier molecular flexibility index (Phi) is 5.14. The molecule has 0 radical (unpaired) electrons. The highest BCUT2D eigenvalue weighted by Gasteiger charge is 2.29. The number of benzene rings is 2. The molecule has 0 unspecified atom stereocenters. The van der Waals surface area contributed by atoms with E-state index in [1.807, 2.05) is 0 Å². The fourth-order valence-corrected chi connectivity index (χ4v) is 2.50. The van der Waals surface area contributed by atoms with Crippen LogP contribution in [0.1, 0.15) is 18.1 Å². The lowest BCUT2D eigenvalue weighted by atomic mass is 9.96. The van der Waals surface area contributed by atoms with Gasteiger partial charge in [0.25, 0.3) is 11.4 Å². The minimum Gasteiger partial charge on any atom is -0.507 e. The molecule has 0 fully saturated rings. The molecule has 25 heavy (non-hydrogen) atoms. The number of Topliss-reactive ketones (excluding diaryl/α,β-unsaturated/α-hetero) is 1. The number of aliphatic hydroxyl groups is 1. The van der Waals surface area contributed by atoms with Crippen molar-refractivity contribution in [1.29, 1.82) is 0 Å². The van der Waals surface area contributed by atoms with E-state index in [4.69, 9.17) is 11.6 Å². The third-order valence-corrected chi connectivity index (χ3v) is 3.67. The maximum absolute atomic E-state index is 12.0. The lowest BCUT2D eigenvalue weighted by Gasteiger charge is -2.10. The molecule has 1 N–H and O–H groups in total. The highest BCUT2D eigenvalue weighted by Crippen LogP contribution is 2.38. The molecule has 128 valence electrons. The average molecular weight is 363 g/mol. The first-order valence-electron chi connectivity index (χ1n) is 6.86. The first-order valence-corrected chi connectivity index (χ1v) is 7.24. The summed E-state index contributed by atoms with van der Waals surface area (Å²) in [4.78, 5) is 32.6. The highest BCUT2D eigenvalue weighted by molar-refractivity contribution is 6.34. The summed E-state index contributed by atoms with van der Waals surface area (Å²) in [7, 11) is 0. The number of carbonyl (C=O) groups excluding carboxylic acids is 1. The lowest BCUT2D eigenvalue weighted by molar-refractivity contribution is -0.394. The number of hydrogen-bond acceptors (Lipinski definition) is 6. The van der Waals surface area contributed by atoms with Gasteiger partial charge in [-0.3, -0.25) is 25.0 Å². The summed E-state index contributed by atoms with van der Waals surface area (Å²) in [5, 5.41) is 32.3. The number of ketones is 1. The minimum absolute atomic E-state index is 0.261. The number of nitro benzene ring substituents is 2. The van der Waals surface area contributed by atoms with Gasteiger partial charge >= 0.3 is 0 Å². The van der Waals surface area contributed by atoms with Crippen molar-refractivity contribution < 1.29 is 19.7 Å². The largest absolute Gasteiger partial charge is 0.507 e. The Labute approximate surface area is 146 Å². The SMILES string of the molecule is CC(=O)C(=C(O)c1ccccc1)c1cc(Cl)c([N+](=O)[O-])cc1[N+](=O)[O-]. The number of hydrogen-bond donors (Lipinski definition) is 1. The Morgan fingerprint density at radius 1 is 1.04 bits per heavy atom. The van der Waals surface area contributed by atoms with E-state index in [2.05, 4.69) is 0 Å². The summed E-state index contributed by atoms with van der Waals surface area (Å²) in [6.07, 6.45) is 0. The molecule has 0 saturated heterocycles. The number of halogens is 1. The maximum Gasteiger partial charge on any atom is 0.294 e. The molecule has 0 aliphatic carbocycles. The molecular formula is C16H11ClN2O6. The van der Waals surface area contributed by atoms with Crippen LogP contribution < -0.4 is 0 Å². The molecule has 0 heterocycles. The molecule has 2 rings (SSSR count). The van der Waals surface area contributed by atoms with E-state index in [0.717, 1.165) is 13.0 Å². The van der Waals surface area contributed by atoms with E-state index < -0.39 is 32.8 Å². The van der Waals surface area contributed by atoms with Crippen molar-refractivity contribution in [3.63, 3.8) is 0 Å². The van der Waals surface area contributed by atoms with Gasteiger partial charge in [0.1, 0.15) is 10.8 Å². The van der Waals surface area contributed by atoms with Crippen molar-refractivity contribution in [3.05, 3.63) is 78.8 Å². The molecule has 2 aromatic carbocycles. The number of carbonyl (C=O) groups is 1. The van der Waals surface area contributed by atoms with Crippen LogP contribution in [0.4, 0.5) is 11.4 Å². The lowest BCUT2D eigenvalue weighted by Crippen LogP contribution is -2.05. The van der Waals surface area contributed by atoms with Crippen molar-refractivity contribution >= 4 is 40.1 Å². The standard InChI is InChI=1S/C16H11ClN2O6/c1-9(20)15(16(21)10-5-3-2-4-6-10)11-7-12(17)14(19(24)25)8-13(11)18(22)23/h2-8,21H,1H3. The van der Waals surface area contributed by atoms with Gasteiger partial charge in [-0.2, -0.15) is 0 Å². The number of aliphatic hydroxyl groups excluding tert-OH is 1. The monoisotopic (exact) mass is 362 g/mol. The predicted octanol–water partition coefficient (Wildman–Crippen LogP) is 4.17. The smallest absolute Gasteiger partial charge is 0.294 e. The fourth-order valence-electron chi connectivity index (χ4n) is 2.27. The second-order valence-electron chi connectivity index (χ2n) is 4.98. The number of nitro groups is 2. The second-order valence-corrected chi connectivity index (χ2v) is 5.39. The molecule has 0 aromatic heterocycles. The normalized spacial score (nSPS) is 11.6. The summed E-state index contributed by atoms with van der Waals surface area (Å²) in [6, 6.07) is 9.54. The highest BCUT2D eigenvalue weighted by atomic mass is 35.5.